The minimum absolute atomic E-state index is 0.201. The Morgan fingerprint density at radius 2 is 2.00 bits per heavy atom. The Hall–Kier alpha value is -2.27. The van der Waals surface area contributed by atoms with Crippen LogP contribution in [0, 0.1) is 17.6 Å². The molecule has 2 aromatic carbocycles. The number of hydrogen-bond donors (Lipinski definition) is 1. The molecule has 0 aliphatic heterocycles. The van der Waals surface area contributed by atoms with E-state index in [0.717, 1.165) is 24.9 Å². The number of rotatable bonds is 8. The van der Waals surface area contributed by atoms with E-state index in [1.807, 2.05) is 6.07 Å². The summed E-state index contributed by atoms with van der Waals surface area (Å²) in [6.45, 7) is 3.23. The van der Waals surface area contributed by atoms with Crippen LogP contribution in [0.4, 0.5) is 8.78 Å². The molecule has 0 radical (unpaired) electrons. The van der Waals surface area contributed by atoms with Crippen LogP contribution in [0.1, 0.15) is 34.8 Å². The van der Waals surface area contributed by atoms with Crippen LogP contribution in [0.3, 0.4) is 0 Å². The van der Waals surface area contributed by atoms with Crippen molar-refractivity contribution in [1.29, 1.82) is 0 Å². The number of carbonyl (C=O) groups is 1. The Labute approximate surface area is 147 Å². The molecule has 3 nitrogen and oxygen atoms in total. The summed E-state index contributed by atoms with van der Waals surface area (Å²) in [7, 11) is 1.26. The standard InChI is InChI=1S/C20H23F2NO2/c1-14(10-15-4-3-5-18(21)11-15)8-9-23-13-17-7-6-16(12-19(17)22)20(24)25-2/h3-7,11-12,14,23H,8-10,13H2,1-2H3. The fourth-order valence-electron chi connectivity index (χ4n) is 2.68. The van der Waals surface area contributed by atoms with E-state index >= 15 is 0 Å². The molecule has 0 aliphatic carbocycles. The number of halogens is 2. The highest BCUT2D eigenvalue weighted by molar-refractivity contribution is 5.89. The number of nitrogens with one attached hydrogen (secondary N) is 1. The third-order valence-corrected chi connectivity index (χ3v) is 4.08. The molecule has 2 rings (SSSR count). The molecule has 0 amide bonds. The summed E-state index contributed by atoms with van der Waals surface area (Å²) in [5, 5.41) is 3.20. The summed E-state index contributed by atoms with van der Waals surface area (Å²) < 4.78 is 31.7. The van der Waals surface area contributed by atoms with Crippen molar-refractivity contribution in [2.45, 2.75) is 26.3 Å². The van der Waals surface area contributed by atoms with Crippen LogP contribution < -0.4 is 5.32 Å². The minimum atomic E-state index is -0.551. The smallest absolute Gasteiger partial charge is 0.337 e. The summed E-state index contributed by atoms with van der Waals surface area (Å²) in [5.74, 6) is -0.803. The van der Waals surface area contributed by atoms with Gasteiger partial charge in [-0.05, 0) is 55.1 Å². The highest BCUT2D eigenvalue weighted by Gasteiger charge is 2.10. The average molecular weight is 347 g/mol. The third kappa shape index (κ3) is 5.94. The zero-order valence-corrected chi connectivity index (χ0v) is 14.5. The summed E-state index contributed by atoms with van der Waals surface area (Å²) in [6, 6.07) is 11.0. The van der Waals surface area contributed by atoms with Crippen molar-refractivity contribution < 1.29 is 18.3 Å². The molecule has 134 valence electrons. The number of benzene rings is 2. The van der Waals surface area contributed by atoms with Gasteiger partial charge in [-0.25, -0.2) is 13.6 Å². The van der Waals surface area contributed by atoms with Crippen LogP contribution in [0.25, 0.3) is 0 Å². The molecule has 1 N–H and O–H groups in total. The van der Waals surface area contributed by atoms with Crippen LogP contribution in [0.15, 0.2) is 42.5 Å². The maximum Gasteiger partial charge on any atom is 0.337 e. The molecule has 25 heavy (non-hydrogen) atoms. The van der Waals surface area contributed by atoms with Gasteiger partial charge in [0.05, 0.1) is 12.7 Å². The van der Waals surface area contributed by atoms with Gasteiger partial charge in [0, 0.05) is 12.1 Å². The highest BCUT2D eigenvalue weighted by atomic mass is 19.1. The molecular formula is C20H23F2NO2. The molecule has 0 spiro atoms. The third-order valence-electron chi connectivity index (χ3n) is 4.08. The lowest BCUT2D eigenvalue weighted by molar-refractivity contribution is 0.0600. The Morgan fingerprint density at radius 1 is 1.20 bits per heavy atom. The van der Waals surface area contributed by atoms with Crippen LogP contribution in [-0.2, 0) is 17.7 Å². The average Bonchev–Trinajstić information content (AvgIpc) is 2.59. The number of ether oxygens (including phenoxy) is 1. The van der Waals surface area contributed by atoms with Crippen molar-refractivity contribution >= 4 is 5.97 Å². The molecule has 0 bridgehead atoms. The molecule has 0 aromatic heterocycles. The molecular weight excluding hydrogens is 324 g/mol. The zero-order valence-electron chi connectivity index (χ0n) is 14.5. The van der Waals surface area contributed by atoms with E-state index in [4.69, 9.17) is 0 Å². The quantitative estimate of drug-likeness (QED) is 0.577. The topological polar surface area (TPSA) is 38.3 Å². The Kier molecular flexibility index (Phi) is 7.07. The molecule has 0 fully saturated rings. The zero-order chi connectivity index (χ0) is 18.2. The van der Waals surface area contributed by atoms with Gasteiger partial charge in [0.15, 0.2) is 0 Å². The van der Waals surface area contributed by atoms with Crippen molar-refractivity contribution in [2.24, 2.45) is 5.92 Å². The molecule has 1 atom stereocenters. The van der Waals surface area contributed by atoms with Crippen molar-refractivity contribution in [3.63, 3.8) is 0 Å². The first-order valence-electron chi connectivity index (χ1n) is 8.31. The number of hydrogen-bond acceptors (Lipinski definition) is 3. The van der Waals surface area contributed by atoms with Gasteiger partial charge in [0.1, 0.15) is 11.6 Å². The van der Waals surface area contributed by atoms with Gasteiger partial charge in [-0.2, -0.15) is 0 Å². The molecule has 0 saturated carbocycles. The maximum atomic E-state index is 14.0. The van der Waals surface area contributed by atoms with Crippen molar-refractivity contribution in [3.8, 4) is 0 Å². The second kappa shape index (κ2) is 9.28. The summed E-state index contributed by atoms with van der Waals surface area (Å²) in [4.78, 5) is 11.4. The fourth-order valence-corrected chi connectivity index (χ4v) is 2.68. The second-order valence-corrected chi connectivity index (χ2v) is 6.20. The van der Waals surface area contributed by atoms with E-state index in [-0.39, 0.29) is 11.4 Å². The predicted octanol–water partition coefficient (Wildman–Crippen LogP) is 4.11. The first-order chi connectivity index (χ1) is 12.0. The van der Waals surface area contributed by atoms with Gasteiger partial charge in [0.25, 0.3) is 0 Å². The molecule has 5 heteroatoms. The van der Waals surface area contributed by atoms with E-state index in [1.54, 1.807) is 24.3 Å². The van der Waals surface area contributed by atoms with Crippen molar-refractivity contribution in [1.82, 2.24) is 5.32 Å². The first-order valence-corrected chi connectivity index (χ1v) is 8.31. The minimum Gasteiger partial charge on any atom is -0.465 e. The monoisotopic (exact) mass is 347 g/mol. The van der Waals surface area contributed by atoms with Crippen LogP contribution in [-0.4, -0.2) is 19.6 Å². The molecule has 2 aromatic rings. The van der Waals surface area contributed by atoms with E-state index in [1.165, 1.54) is 19.2 Å². The van der Waals surface area contributed by atoms with Gasteiger partial charge in [0.2, 0.25) is 0 Å². The summed E-state index contributed by atoms with van der Waals surface area (Å²) in [6.07, 6.45) is 1.71. The van der Waals surface area contributed by atoms with Crippen molar-refractivity contribution in [3.05, 3.63) is 70.8 Å². The lowest BCUT2D eigenvalue weighted by Gasteiger charge is -2.13. The van der Waals surface area contributed by atoms with Gasteiger partial charge in [-0.3, -0.25) is 0 Å². The lowest BCUT2D eigenvalue weighted by atomic mass is 9.98. The van der Waals surface area contributed by atoms with Crippen molar-refractivity contribution in [2.75, 3.05) is 13.7 Å². The first kappa shape index (κ1) is 19.1. The Balaban J connectivity index is 1.76. The van der Waals surface area contributed by atoms with Crippen LogP contribution in [0.2, 0.25) is 0 Å². The molecule has 0 saturated heterocycles. The number of esters is 1. The number of carbonyl (C=O) groups excluding carboxylic acids is 1. The van der Waals surface area contributed by atoms with E-state index < -0.39 is 11.8 Å². The van der Waals surface area contributed by atoms with E-state index in [0.29, 0.717) is 18.0 Å². The van der Waals surface area contributed by atoms with Gasteiger partial charge < -0.3 is 10.1 Å². The highest BCUT2D eigenvalue weighted by Crippen LogP contribution is 2.14. The van der Waals surface area contributed by atoms with E-state index in [9.17, 15) is 13.6 Å². The largest absolute Gasteiger partial charge is 0.465 e. The number of methoxy groups -OCH3 is 1. The van der Waals surface area contributed by atoms with E-state index in [2.05, 4.69) is 17.0 Å². The SMILES string of the molecule is COC(=O)c1ccc(CNCCC(C)Cc2cccc(F)c2)c(F)c1. The van der Waals surface area contributed by atoms with Crippen LogP contribution in [0.5, 0.6) is 0 Å². The molecule has 1 unspecified atom stereocenters. The lowest BCUT2D eigenvalue weighted by Crippen LogP contribution is -2.18. The van der Waals surface area contributed by atoms with Gasteiger partial charge in [-0.1, -0.05) is 25.1 Å². The molecule has 0 aliphatic rings. The Bertz CT molecular complexity index is 719. The Morgan fingerprint density at radius 3 is 2.68 bits per heavy atom. The van der Waals surface area contributed by atoms with Crippen LogP contribution >= 0.6 is 0 Å². The van der Waals surface area contributed by atoms with Gasteiger partial charge in [-0.15, -0.1) is 0 Å². The summed E-state index contributed by atoms with van der Waals surface area (Å²) >= 11 is 0. The summed E-state index contributed by atoms with van der Waals surface area (Å²) in [5.41, 5.74) is 1.69. The van der Waals surface area contributed by atoms with Gasteiger partial charge >= 0.3 is 5.97 Å². The maximum absolute atomic E-state index is 14.0. The normalized spacial score (nSPS) is 12.0. The second-order valence-electron chi connectivity index (χ2n) is 6.20. The molecule has 0 heterocycles. The fraction of sp³-hybridized carbons (Fsp3) is 0.350. The predicted molar refractivity (Wildman–Crippen MR) is 93.3 cm³/mol.